The van der Waals surface area contributed by atoms with Gasteiger partial charge in [-0.15, -0.1) is 11.3 Å². The molecule has 1 atom stereocenters. The summed E-state index contributed by atoms with van der Waals surface area (Å²) in [6, 6.07) is 4.82. The number of anilines is 1. The Morgan fingerprint density at radius 2 is 2.21 bits per heavy atom. The van der Waals surface area contributed by atoms with E-state index >= 15 is 0 Å². The molecule has 0 aromatic carbocycles. The monoisotopic (exact) mass is 351 g/mol. The van der Waals surface area contributed by atoms with E-state index in [9.17, 15) is 0 Å². The normalized spacial score (nSPS) is 24.2. The summed E-state index contributed by atoms with van der Waals surface area (Å²) in [7, 11) is 3.98. The van der Waals surface area contributed by atoms with Gasteiger partial charge in [-0.2, -0.15) is 0 Å². The number of rotatable bonds is 4. The van der Waals surface area contributed by atoms with E-state index in [0.717, 1.165) is 58.1 Å². The quantitative estimate of drug-likeness (QED) is 0.631. The third kappa shape index (κ3) is 4.84. The minimum atomic E-state index is 0.239. The van der Waals surface area contributed by atoms with E-state index in [4.69, 9.17) is 4.74 Å². The second-order valence-electron chi connectivity index (χ2n) is 6.57. The lowest BCUT2D eigenvalue weighted by atomic mass is 10.1. The van der Waals surface area contributed by atoms with Crippen LogP contribution in [0, 0.1) is 0 Å². The Kier molecular flexibility index (Phi) is 6.34. The van der Waals surface area contributed by atoms with Crippen LogP contribution in [-0.4, -0.2) is 76.4 Å². The molecule has 1 aromatic heterocycles. The standard InChI is InChI=1S/C17H29N5OS/c1-18-17(19-12-15-13-21(2)9-10-23-15)20-14-5-7-22(8-6-14)16-4-3-11-24-16/h3-4,11,14-15H,5-10,12-13H2,1-2H3,(H2,18,19,20). The fourth-order valence-corrected chi connectivity index (χ4v) is 4.07. The van der Waals surface area contributed by atoms with Crippen LogP contribution in [0.3, 0.4) is 0 Å². The van der Waals surface area contributed by atoms with Crippen molar-refractivity contribution in [3.05, 3.63) is 17.5 Å². The number of aliphatic imine (C=N–C) groups is 1. The Hall–Kier alpha value is -1.31. The van der Waals surface area contributed by atoms with Gasteiger partial charge in [0.2, 0.25) is 0 Å². The van der Waals surface area contributed by atoms with Crippen LogP contribution >= 0.6 is 11.3 Å². The predicted molar refractivity (Wildman–Crippen MR) is 101 cm³/mol. The van der Waals surface area contributed by atoms with E-state index in [1.807, 2.05) is 18.4 Å². The second kappa shape index (κ2) is 8.69. The van der Waals surface area contributed by atoms with Crippen LogP contribution in [0.15, 0.2) is 22.5 Å². The van der Waals surface area contributed by atoms with E-state index in [-0.39, 0.29) is 6.10 Å². The molecule has 0 radical (unpaired) electrons. The van der Waals surface area contributed by atoms with Crippen molar-refractivity contribution in [1.29, 1.82) is 0 Å². The molecule has 3 rings (SSSR count). The van der Waals surface area contributed by atoms with Gasteiger partial charge in [-0.1, -0.05) is 0 Å². The molecule has 1 unspecified atom stereocenters. The first-order valence-corrected chi connectivity index (χ1v) is 9.68. The molecule has 0 spiro atoms. The Morgan fingerprint density at radius 3 is 2.88 bits per heavy atom. The van der Waals surface area contributed by atoms with Crippen LogP contribution in [0.25, 0.3) is 0 Å². The summed E-state index contributed by atoms with van der Waals surface area (Å²) >= 11 is 1.82. The largest absolute Gasteiger partial charge is 0.374 e. The molecule has 2 aliphatic heterocycles. The number of guanidine groups is 1. The lowest BCUT2D eigenvalue weighted by Gasteiger charge is -2.34. The van der Waals surface area contributed by atoms with Crippen molar-refractivity contribution in [2.75, 3.05) is 58.3 Å². The minimum Gasteiger partial charge on any atom is -0.374 e. The Morgan fingerprint density at radius 1 is 1.38 bits per heavy atom. The molecule has 2 saturated heterocycles. The summed E-state index contributed by atoms with van der Waals surface area (Å²) < 4.78 is 5.80. The average Bonchev–Trinajstić information content (AvgIpc) is 3.14. The van der Waals surface area contributed by atoms with Crippen LogP contribution in [0.1, 0.15) is 12.8 Å². The van der Waals surface area contributed by atoms with Gasteiger partial charge in [0.05, 0.1) is 17.7 Å². The SMILES string of the molecule is CN=C(NCC1CN(C)CCO1)NC1CCN(c2cccs2)CC1. The maximum atomic E-state index is 5.80. The van der Waals surface area contributed by atoms with E-state index in [1.165, 1.54) is 5.00 Å². The second-order valence-corrected chi connectivity index (χ2v) is 7.49. The molecule has 134 valence electrons. The van der Waals surface area contributed by atoms with Crippen LogP contribution in [0.4, 0.5) is 5.00 Å². The van der Waals surface area contributed by atoms with Gasteiger partial charge in [0.1, 0.15) is 0 Å². The highest BCUT2D eigenvalue weighted by atomic mass is 32.1. The number of ether oxygens (including phenoxy) is 1. The zero-order chi connectivity index (χ0) is 16.8. The maximum Gasteiger partial charge on any atom is 0.191 e. The van der Waals surface area contributed by atoms with Crippen molar-refractivity contribution < 1.29 is 4.74 Å². The summed E-state index contributed by atoms with van der Waals surface area (Å²) in [6.07, 6.45) is 2.52. The number of hydrogen-bond acceptors (Lipinski definition) is 5. The molecule has 3 heterocycles. The van der Waals surface area contributed by atoms with Gasteiger partial charge < -0.3 is 25.2 Å². The molecule has 7 heteroatoms. The first kappa shape index (κ1) is 17.5. The highest BCUT2D eigenvalue weighted by molar-refractivity contribution is 7.14. The van der Waals surface area contributed by atoms with Crippen LogP contribution < -0.4 is 15.5 Å². The highest BCUT2D eigenvalue weighted by Crippen LogP contribution is 2.24. The number of likely N-dealkylation sites (N-methyl/N-ethyl adjacent to an activating group) is 1. The third-order valence-corrected chi connectivity index (χ3v) is 5.65. The van der Waals surface area contributed by atoms with E-state index in [2.05, 4.69) is 50.0 Å². The first-order chi connectivity index (χ1) is 11.7. The molecule has 2 fully saturated rings. The number of morpholine rings is 1. The van der Waals surface area contributed by atoms with Crippen molar-refractivity contribution in [1.82, 2.24) is 15.5 Å². The maximum absolute atomic E-state index is 5.80. The average molecular weight is 352 g/mol. The molecule has 0 bridgehead atoms. The Labute approximate surface area is 148 Å². The van der Waals surface area contributed by atoms with Gasteiger partial charge in [0.15, 0.2) is 5.96 Å². The van der Waals surface area contributed by atoms with Gasteiger partial charge in [-0.25, -0.2) is 0 Å². The predicted octanol–water partition coefficient (Wildman–Crippen LogP) is 1.21. The van der Waals surface area contributed by atoms with Crippen LogP contribution in [-0.2, 0) is 4.74 Å². The lowest BCUT2D eigenvalue weighted by molar-refractivity contribution is -0.0161. The summed E-state index contributed by atoms with van der Waals surface area (Å²) in [6.45, 7) is 5.82. The molecule has 6 nitrogen and oxygen atoms in total. The zero-order valence-electron chi connectivity index (χ0n) is 14.7. The topological polar surface area (TPSA) is 52.1 Å². The molecule has 1 aromatic rings. The molecule has 2 aliphatic rings. The lowest BCUT2D eigenvalue weighted by Crippen LogP contribution is -2.52. The number of thiophene rings is 1. The molecular formula is C17H29N5OS. The highest BCUT2D eigenvalue weighted by Gasteiger charge is 2.22. The molecule has 0 amide bonds. The first-order valence-electron chi connectivity index (χ1n) is 8.80. The van der Waals surface area contributed by atoms with Gasteiger partial charge in [0, 0.05) is 45.8 Å². The fraction of sp³-hybridized carbons (Fsp3) is 0.706. The molecular weight excluding hydrogens is 322 g/mol. The van der Waals surface area contributed by atoms with Crippen molar-refractivity contribution in [3.8, 4) is 0 Å². The molecule has 0 aliphatic carbocycles. The van der Waals surface area contributed by atoms with Gasteiger partial charge in [-0.3, -0.25) is 4.99 Å². The van der Waals surface area contributed by atoms with Gasteiger partial charge in [-0.05, 0) is 37.4 Å². The number of piperidine rings is 1. The molecule has 24 heavy (non-hydrogen) atoms. The van der Waals surface area contributed by atoms with Crippen LogP contribution in [0.2, 0.25) is 0 Å². The van der Waals surface area contributed by atoms with Gasteiger partial charge in [0.25, 0.3) is 0 Å². The van der Waals surface area contributed by atoms with Crippen LogP contribution in [0.5, 0.6) is 0 Å². The zero-order valence-corrected chi connectivity index (χ0v) is 15.5. The van der Waals surface area contributed by atoms with Crippen molar-refractivity contribution in [2.45, 2.75) is 25.0 Å². The fourth-order valence-electron chi connectivity index (χ4n) is 3.28. The summed E-state index contributed by atoms with van der Waals surface area (Å²) in [5, 5.41) is 10.5. The summed E-state index contributed by atoms with van der Waals surface area (Å²) in [5.41, 5.74) is 0. The Bertz CT molecular complexity index is 513. The van der Waals surface area contributed by atoms with E-state index < -0.39 is 0 Å². The minimum absolute atomic E-state index is 0.239. The number of nitrogens with zero attached hydrogens (tertiary/aromatic N) is 3. The number of nitrogens with one attached hydrogen (secondary N) is 2. The number of hydrogen-bond donors (Lipinski definition) is 2. The van der Waals surface area contributed by atoms with Gasteiger partial charge >= 0.3 is 0 Å². The molecule has 2 N–H and O–H groups in total. The van der Waals surface area contributed by atoms with E-state index in [1.54, 1.807) is 0 Å². The van der Waals surface area contributed by atoms with E-state index in [0.29, 0.717) is 6.04 Å². The van der Waals surface area contributed by atoms with Crippen molar-refractivity contribution in [2.24, 2.45) is 4.99 Å². The summed E-state index contributed by atoms with van der Waals surface area (Å²) in [5.74, 6) is 0.890. The molecule has 0 saturated carbocycles. The van der Waals surface area contributed by atoms with Crippen molar-refractivity contribution >= 4 is 22.3 Å². The van der Waals surface area contributed by atoms with Crippen molar-refractivity contribution in [3.63, 3.8) is 0 Å². The summed E-state index contributed by atoms with van der Waals surface area (Å²) in [4.78, 5) is 9.16. The Balaban J connectivity index is 1.40. The third-order valence-electron chi connectivity index (χ3n) is 4.72. The smallest absolute Gasteiger partial charge is 0.191 e.